The summed E-state index contributed by atoms with van der Waals surface area (Å²) in [6.07, 6.45) is 2.81. The fraction of sp³-hybridized carbons (Fsp3) is 0.435. The molecule has 0 radical (unpaired) electrons. The number of amides is 2. The number of likely N-dealkylation sites (tertiary alicyclic amines) is 1. The predicted molar refractivity (Wildman–Crippen MR) is 112 cm³/mol. The molecule has 2 aliphatic heterocycles. The van der Waals surface area contributed by atoms with Gasteiger partial charge in [0, 0.05) is 37.9 Å². The molecule has 0 aromatic heterocycles. The number of hydrogen-bond acceptors (Lipinski definition) is 3. The first kappa shape index (κ1) is 19.7. The Balaban J connectivity index is 1.19. The second-order valence-electron chi connectivity index (χ2n) is 7.90. The van der Waals surface area contributed by atoms with Gasteiger partial charge in [0.25, 0.3) is 0 Å². The molecular formula is C23H28FN3O2. The molecule has 2 heterocycles. The second kappa shape index (κ2) is 8.82. The zero-order valence-electron chi connectivity index (χ0n) is 16.9. The monoisotopic (exact) mass is 397 g/mol. The zero-order chi connectivity index (χ0) is 20.2. The maximum Gasteiger partial charge on any atom is 0.322 e. The molecule has 0 saturated carbocycles. The maximum atomic E-state index is 12.9. The lowest BCUT2D eigenvalue weighted by molar-refractivity contribution is 0.165. The minimum atomic E-state index is -0.256. The highest BCUT2D eigenvalue weighted by Crippen LogP contribution is 2.29. The lowest BCUT2D eigenvalue weighted by atomic mass is 10.1. The number of anilines is 1. The van der Waals surface area contributed by atoms with Crippen molar-refractivity contribution in [3.8, 4) is 5.75 Å². The van der Waals surface area contributed by atoms with Crippen molar-refractivity contribution in [2.75, 3.05) is 37.7 Å². The quantitative estimate of drug-likeness (QED) is 0.836. The molecule has 0 atom stereocenters. The van der Waals surface area contributed by atoms with Crippen LogP contribution in [0, 0.1) is 12.7 Å². The van der Waals surface area contributed by atoms with Gasteiger partial charge in [0.05, 0.1) is 0 Å². The van der Waals surface area contributed by atoms with Gasteiger partial charge >= 0.3 is 6.03 Å². The van der Waals surface area contributed by atoms with Crippen LogP contribution in [0.25, 0.3) is 0 Å². The summed E-state index contributed by atoms with van der Waals surface area (Å²) in [6.45, 7) is 6.12. The molecule has 1 saturated heterocycles. The lowest BCUT2D eigenvalue weighted by Gasteiger charge is -2.33. The van der Waals surface area contributed by atoms with E-state index < -0.39 is 0 Å². The van der Waals surface area contributed by atoms with Gasteiger partial charge in [-0.3, -0.25) is 9.80 Å². The summed E-state index contributed by atoms with van der Waals surface area (Å²) in [7, 11) is 0. The van der Waals surface area contributed by atoms with Crippen LogP contribution in [0.3, 0.4) is 0 Å². The van der Waals surface area contributed by atoms with Gasteiger partial charge in [-0.25, -0.2) is 9.18 Å². The summed E-state index contributed by atoms with van der Waals surface area (Å²) in [5.41, 5.74) is 3.54. The van der Waals surface area contributed by atoms with Gasteiger partial charge in [0.1, 0.15) is 18.2 Å². The van der Waals surface area contributed by atoms with Crippen LogP contribution < -0.4 is 15.0 Å². The Kier molecular flexibility index (Phi) is 6.00. The number of rotatable bonds is 5. The van der Waals surface area contributed by atoms with Gasteiger partial charge in [-0.2, -0.15) is 0 Å². The topological polar surface area (TPSA) is 44.8 Å². The number of fused-ring (bicyclic) bond motifs is 1. The van der Waals surface area contributed by atoms with Crippen LogP contribution in [0.1, 0.15) is 24.0 Å². The number of ether oxygens (including phenoxy) is 1. The van der Waals surface area contributed by atoms with E-state index in [9.17, 15) is 9.18 Å². The number of nitrogens with zero attached hydrogens (tertiary/aromatic N) is 2. The van der Waals surface area contributed by atoms with Crippen molar-refractivity contribution in [2.24, 2.45) is 0 Å². The number of nitrogens with one attached hydrogen (secondary N) is 1. The summed E-state index contributed by atoms with van der Waals surface area (Å²) >= 11 is 0. The van der Waals surface area contributed by atoms with E-state index in [1.54, 1.807) is 12.1 Å². The summed E-state index contributed by atoms with van der Waals surface area (Å²) in [4.78, 5) is 17.0. The summed E-state index contributed by atoms with van der Waals surface area (Å²) in [6, 6.07) is 12.6. The smallest absolute Gasteiger partial charge is 0.322 e. The van der Waals surface area contributed by atoms with Crippen LogP contribution in [0.5, 0.6) is 5.75 Å². The molecule has 5 nitrogen and oxygen atoms in total. The number of urea groups is 1. The molecule has 154 valence electrons. The highest BCUT2D eigenvalue weighted by atomic mass is 19.1. The number of carbonyl (C=O) groups is 1. The standard InChI is InChI=1S/C23H28FN3O2/c1-17-2-7-22-18(16-17)8-13-27(22)23(28)25-20-9-11-26(12-10-20)14-15-29-21-5-3-19(24)4-6-21/h2-7,16,20H,8-15H2,1H3,(H,25,28). The molecule has 4 rings (SSSR count). The van der Waals surface area contributed by atoms with Crippen LogP contribution in [-0.4, -0.2) is 49.8 Å². The van der Waals surface area contributed by atoms with E-state index in [0.717, 1.165) is 51.1 Å². The molecule has 0 unspecified atom stereocenters. The van der Waals surface area contributed by atoms with Gasteiger partial charge in [0.2, 0.25) is 0 Å². The number of piperidine rings is 1. The van der Waals surface area contributed by atoms with E-state index in [0.29, 0.717) is 12.4 Å². The molecule has 6 heteroatoms. The molecular weight excluding hydrogens is 369 g/mol. The predicted octanol–water partition coefficient (Wildman–Crippen LogP) is 3.75. The number of carbonyl (C=O) groups excluding carboxylic acids is 1. The second-order valence-corrected chi connectivity index (χ2v) is 7.90. The zero-order valence-corrected chi connectivity index (χ0v) is 16.9. The Morgan fingerprint density at radius 3 is 2.66 bits per heavy atom. The first-order chi connectivity index (χ1) is 14.1. The van der Waals surface area contributed by atoms with E-state index in [1.165, 1.54) is 23.3 Å². The Bertz CT molecular complexity index is 848. The largest absolute Gasteiger partial charge is 0.492 e. The molecule has 0 bridgehead atoms. The van der Waals surface area contributed by atoms with Crippen LogP contribution >= 0.6 is 0 Å². The lowest BCUT2D eigenvalue weighted by Crippen LogP contribution is -2.49. The fourth-order valence-corrected chi connectivity index (χ4v) is 4.12. The van der Waals surface area contributed by atoms with Gasteiger partial charge in [-0.05, 0) is 62.1 Å². The molecule has 0 spiro atoms. The van der Waals surface area contributed by atoms with Crippen molar-refractivity contribution in [1.82, 2.24) is 10.2 Å². The first-order valence-corrected chi connectivity index (χ1v) is 10.4. The number of hydrogen-bond donors (Lipinski definition) is 1. The Morgan fingerprint density at radius 1 is 1.14 bits per heavy atom. The summed E-state index contributed by atoms with van der Waals surface area (Å²) in [5, 5.41) is 3.22. The van der Waals surface area contributed by atoms with Gasteiger partial charge < -0.3 is 10.1 Å². The average Bonchev–Trinajstić information content (AvgIpc) is 3.14. The molecule has 29 heavy (non-hydrogen) atoms. The van der Waals surface area contributed by atoms with Crippen LogP contribution in [0.15, 0.2) is 42.5 Å². The Labute approximate surface area is 171 Å². The number of halogens is 1. The normalized spacial score (nSPS) is 17.2. The van der Waals surface area contributed by atoms with E-state index in [1.807, 2.05) is 4.90 Å². The third-order valence-electron chi connectivity index (χ3n) is 5.78. The van der Waals surface area contributed by atoms with Crippen molar-refractivity contribution in [3.05, 3.63) is 59.4 Å². The minimum Gasteiger partial charge on any atom is -0.492 e. The Morgan fingerprint density at radius 2 is 1.90 bits per heavy atom. The van der Waals surface area contributed by atoms with Gasteiger partial charge in [0.15, 0.2) is 0 Å². The highest BCUT2D eigenvalue weighted by Gasteiger charge is 2.27. The van der Waals surface area contributed by atoms with Crippen LogP contribution in [0.2, 0.25) is 0 Å². The maximum absolute atomic E-state index is 12.9. The SMILES string of the molecule is Cc1ccc2c(c1)CCN2C(=O)NC1CCN(CCOc2ccc(F)cc2)CC1. The molecule has 2 aromatic carbocycles. The summed E-state index contributed by atoms with van der Waals surface area (Å²) < 4.78 is 18.6. The number of benzene rings is 2. The van der Waals surface area contributed by atoms with Crippen molar-refractivity contribution >= 4 is 11.7 Å². The van der Waals surface area contributed by atoms with Crippen LogP contribution in [0.4, 0.5) is 14.9 Å². The molecule has 0 aliphatic carbocycles. The van der Waals surface area contributed by atoms with Crippen LogP contribution in [-0.2, 0) is 6.42 Å². The van der Waals surface area contributed by atoms with E-state index in [2.05, 4.69) is 35.3 Å². The van der Waals surface area contributed by atoms with Crippen molar-refractivity contribution in [1.29, 1.82) is 0 Å². The van der Waals surface area contributed by atoms with E-state index in [4.69, 9.17) is 4.74 Å². The molecule has 1 fully saturated rings. The average molecular weight is 397 g/mol. The van der Waals surface area contributed by atoms with Crippen molar-refractivity contribution < 1.29 is 13.9 Å². The van der Waals surface area contributed by atoms with Gasteiger partial charge in [-0.1, -0.05) is 17.7 Å². The minimum absolute atomic E-state index is 0.0192. The van der Waals surface area contributed by atoms with Crippen molar-refractivity contribution in [2.45, 2.75) is 32.2 Å². The molecule has 1 N–H and O–H groups in total. The molecule has 2 aromatic rings. The molecule has 2 amide bonds. The third-order valence-corrected chi connectivity index (χ3v) is 5.78. The van der Waals surface area contributed by atoms with E-state index >= 15 is 0 Å². The first-order valence-electron chi connectivity index (χ1n) is 10.4. The van der Waals surface area contributed by atoms with Gasteiger partial charge in [-0.15, -0.1) is 0 Å². The van der Waals surface area contributed by atoms with E-state index in [-0.39, 0.29) is 17.9 Å². The Hall–Kier alpha value is -2.60. The van der Waals surface area contributed by atoms with Crippen molar-refractivity contribution in [3.63, 3.8) is 0 Å². The highest BCUT2D eigenvalue weighted by molar-refractivity contribution is 5.94. The molecule has 2 aliphatic rings. The summed E-state index contributed by atoms with van der Waals surface area (Å²) in [5.74, 6) is 0.434. The fourth-order valence-electron chi connectivity index (χ4n) is 4.12. The number of aryl methyl sites for hydroxylation is 1. The third kappa shape index (κ3) is 4.88.